The third kappa shape index (κ3) is 7.47. The second kappa shape index (κ2) is 7.80. The molecule has 0 saturated heterocycles. The highest BCUT2D eigenvalue weighted by Crippen LogP contribution is 1.97. The lowest BCUT2D eigenvalue weighted by Gasteiger charge is -2.10. The Kier molecular flexibility index (Phi) is 6.37. The lowest BCUT2D eigenvalue weighted by Crippen LogP contribution is -2.38. The van der Waals surface area contributed by atoms with Crippen molar-refractivity contribution in [1.29, 1.82) is 0 Å². The maximum Gasteiger partial charge on any atom is 0.208 e. The minimum Gasteiger partial charge on any atom is -0.467 e. The molecule has 108 valence electrons. The fourth-order valence-electron chi connectivity index (χ4n) is 1.36. The quantitative estimate of drug-likeness (QED) is 0.369. The normalized spacial score (nSPS) is 12.4. The summed E-state index contributed by atoms with van der Waals surface area (Å²) in [6, 6.07) is 3.69. The highest BCUT2D eigenvalue weighted by Gasteiger charge is 2.01. The van der Waals surface area contributed by atoms with Gasteiger partial charge in [0.05, 0.1) is 19.1 Å². The lowest BCUT2D eigenvalue weighted by molar-refractivity contribution is 0.501. The monoisotopic (exact) mass is 288 g/mol. The van der Waals surface area contributed by atoms with Crippen molar-refractivity contribution in [3.63, 3.8) is 0 Å². The number of furan rings is 1. The minimum absolute atomic E-state index is 0.404. The van der Waals surface area contributed by atoms with Crippen molar-refractivity contribution in [3.05, 3.63) is 24.2 Å². The third-order valence-electron chi connectivity index (χ3n) is 2.24. The number of hydrogen-bond donors (Lipinski definition) is 3. The van der Waals surface area contributed by atoms with E-state index in [-0.39, 0.29) is 0 Å². The zero-order chi connectivity index (χ0) is 14.1. The molecular weight excluding hydrogens is 268 g/mol. The van der Waals surface area contributed by atoms with Crippen LogP contribution in [-0.4, -0.2) is 40.8 Å². The van der Waals surface area contributed by atoms with E-state index >= 15 is 0 Å². The van der Waals surface area contributed by atoms with Crippen molar-refractivity contribution in [2.75, 3.05) is 26.4 Å². The van der Waals surface area contributed by atoms with Crippen molar-refractivity contribution in [2.24, 2.45) is 4.99 Å². The summed E-state index contributed by atoms with van der Waals surface area (Å²) in [7, 11) is -1.43. The number of aliphatic imine (C=N–C) groups is 1. The molecule has 0 aliphatic heterocycles. The predicted octanol–water partition coefficient (Wildman–Crippen LogP) is -0.116. The molecule has 1 heterocycles. The van der Waals surface area contributed by atoms with Crippen LogP contribution in [0.1, 0.15) is 12.2 Å². The van der Waals surface area contributed by atoms with Gasteiger partial charge < -0.3 is 15.1 Å². The van der Waals surface area contributed by atoms with Crippen molar-refractivity contribution < 1.29 is 12.8 Å². The van der Waals surface area contributed by atoms with Crippen LogP contribution in [-0.2, 0) is 16.6 Å². The molecule has 0 aromatic carbocycles. The first kappa shape index (κ1) is 15.5. The Morgan fingerprint density at radius 1 is 1.37 bits per heavy atom. The Balaban J connectivity index is 2.15. The lowest BCUT2D eigenvalue weighted by atomic mass is 10.4. The molecule has 0 saturated carbocycles. The Morgan fingerprint density at radius 3 is 2.74 bits per heavy atom. The number of nitrogens with one attached hydrogen (secondary N) is 3. The fraction of sp³-hybridized carbons (Fsp3) is 0.545. The Labute approximate surface area is 113 Å². The Morgan fingerprint density at radius 2 is 2.16 bits per heavy atom. The first-order chi connectivity index (χ1) is 9.01. The van der Waals surface area contributed by atoms with Gasteiger partial charge in [-0.1, -0.05) is 0 Å². The van der Waals surface area contributed by atoms with Gasteiger partial charge in [0, 0.05) is 20.1 Å². The van der Waals surface area contributed by atoms with Gasteiger partial charge in [-0.2, -0.15) is 0 Å². The molecule has 1 aromatic rings. The number of hydrogen-bond acceptors (Lipinski definition) is 4. The summed E-state index contributed by atoms with van der Waals surface area (Å²) in [5.41, 5.74) is 0. The van der Waals surface area contributed by atoms with E-state index in [1.807, 2.05) is 12.1 Å². The zero-order valence-corrected chi connectivity index (χ0v) is 12.0. The molecule has 0 radical (unpaired) electrons. The van der Waals surface area contributed by atoms with Crippen molar-refractivity contribution >= 4 is 16.0 Å². The van der Waals surface area contributed by atoms with Crippen molar-refractivity contribution in [3.8, 4) is 0 Å². The van der Waals surface area contributed by atoms with Gasteiger partial charge in [-0.15, -0.1) is 0 Å². The maximum absolute atomic E-state index is 10.8. The summed E-state index contributed by atoms with van der Waals surface area (Å²) in [5.74, 6) is 1.47. The van der Waals surface area contributed by atoms with Crippen molar-refractivity contribution in [2.45, 2.75) is 13.0 Å². The highest BCUT2D eigenvalue weighted by atomic mass is 32.2. The van der Waals surface area contributed by atoms with E-state index in [2.05, 4.69) is 20.3 Å². The van der Waals surface area contributed by atoms with Gasteiger partial charge in [-0.05, 0) is 18.6 Å². The summed E-state index contributed by atoms with van der Waals surface area (Å²) in [5, 5.41) is 6.17. The first-order valence-corrected chi connectivity index (χ1v) is 7.82. The highest BCUT2D eigenvalue weighted by molar-refractivity contribution is 7.88. The topological polar surface area (TPSA) is 95.7 Å². The van der Waals surface area contributed by atoms with Gasteiger partial charge in [-0.3, -0.25) is 4.99 Å². The van der Waals surface area contributed by atoms with E-state index in [0.717, 1.165) is 12.0 Å². The van der Waals surface area contributed by atoms with Crippen LogP contribution in [0, 0.1) is 0 Å². The van der Waals surface area contributed by atoms with Crippen LogP contribution in [0.15, 0.2) is 27.8 Å². The van der Waals surface area contributed by atoms with E-state index in [1.54, 1.807) is 13.3 Å². The van der Waals surface area contributed by atoms with Crippen LogP contribution in [0.5, 0.6) is 0 Å². The SMILES string of the molecule is CN=C(NCCCNS(C)(=O)=O)NCc1ccco1. The van der Waals surface area contributed by atoms with Gasteiger partial charge in [-0.25, -0.2) is 13.1 Å². The van der Waals surface area contributed by atoms with Gasteiger partial charge in [0.1, 0.15) is 5.76 Å². The predicted molar refractivity (Wildman–Crippen MR) is 74.4 cm³/mol. The second-order valence-electron chi connectivity index (χ2n) is 3.95. The van der Waals surface area contributed by atoms with E-state index in [1.165, 1.54) is 0 Å². The molecular formula is C11H20N4O3S. The molecule has 19 heavy (non-hydrogen) atoms. The van der Waals surface area contributed by atoms with Crippen LogP contribution in [0.4, 0.5) is 0 Å². The molecule has 0 atom stereocenters. The van der Waals surface area contributed by atoms with E-state index in [9.17, 15) is 8.42 Å². The number of sulfonamides is 1. The summed E-state index contributed by atoms with van der Waals surface area (Å²) in [6.45, 7) is 1.58. The summed E-state index contributed by atoms with van der Waals surface area (Å²) >= 11 is 0. The zero-order valence-electron chi connectivity index (χ0n) is 11.1. The molecule has 0 amide bonds. The second-order valence-corrected chi connectivity index (χ2v) is 5.78. The van der Waals surface area contributed by atoms with Crippen LogP contribution in [0.25, 0.3) is 0 Å². The first-order valence-electron chi connectivity index (χ1n) is 5.93. The molecule has 8 heteroatoms. The van der Waals surface area contributed by atoms with E-state index in [4.69, 9.17) is 4.42 Å². The average Bonchev–Trinajstić information content (AvgIpc) is 2.84. The maximum atomic E-state index is 10.8. The molecule has 7 nitrogen and oxygen atoms in total. The fourth-order valence-corrected chi connectivity index (χ4v) is 1.87. The van der Waals surface area contributed by atoms with Gasteiger partial charge in [0.15, 0.2) is 5.96 Å². The molecule has 0 aliphatic carbocycles. The number of rotatable bonds is 7. The summed E-state index contributed by atoms with van der Waals surface area (Å²) in [4.78, 5) is 4.05. The average molecular weight is 288 g/mol. The van der Waals surface area contributed by atoms with Crippen LogP contribution in [0.2, 0.25) is 0 Å². The van der Waals surface area contributed by atoms with E-state index in [0.29, 0.717) is 32.0 Å². The molecule has 0 fully saturated rings. The summed E-state index contributed by atoms with van der Waals surface area (Å²) in [6.07, 6.45) is 3.43. The minimum atomic E-state index is -3.11. The molecule has 0 bridgehead atoms. The Bertz CT molecular complexity index is 482. The molecule has 3 N–H and O–H groups in total. The molecule has 0 unspecified atom stereocenters. The van der Waals surface area contributed by atoms with E-state index < -0.39 is 10.0 Å². The van der Waals surface area contributed by atoms with Gasteiger partial charge in [0.2, 0.25) is 10.0 Å². The number of guanidine groups is 1. The summed E-state index contributed by atoms with van der Waals surface area (Å²) < 4.78 is 29.3. The molecule has 1 aromatic heterocycles. The van der Waals surface area contributed by atoms with Crippen molar-refractivity contribution in [1.82, 2.24) is 15.4 Å². The smallest absolute Gasteiger partial charge is 0.208 e. The largest absolute Gasteiger partial charge is 0.467 e. The van der Waals surface area contributed by atoms with Crippen LogP contribution in [0.3, 0.4) is 0 Å². The molecule has 0 aliphatic rings. The molecule has 1 rings (SSSR count). The van der Waals surface area contributed by atoms with Crippen LogP contribution >= 0.6 is 0 Å². The van der Waals surface area contributed by atoms with Crippen LogP contribution < -0.4 is 15.4 Å². The standard InChI is InChI=1S/C11H20N4O3S/c1-12-11(14-9-10-5-3-8-18-10)13-6-4-7-15-19(2,16)17/h3,5,8,15H,4,6-7,9H2,1-2H3,(H2,12,13,14). The Hall–Kier alpha value is -1.54. The third-order valence-corrected chi connectivity index (χ3v) is 2.97. The molecule has 0 spiro atoms. The number of nitrogens with zero attached hydrogens (tertiary/aromatic N) is 1. The van der Waals surface area contributed by atoms with Gasteiger partial charge >= 0.3 is 0 Å². The van der Waals surface area contributed by atoms with Gasteiger partial charge in [0.25, 0.3) is 0 Å².